The van der Waals surface area contributed by atoms with E-state index in [4.69, 9.17) is 4.74 Å². The number of morpholine rings is 1. The molecule has 1 aliphatic heterocycles. The van der Waals surface area contributed by atoms with Crippen LogP contribution in [0.15, 0.2) is 66.1 Å². The molecule has 2 aromatic carbocycles. The van der Waals surface area contributed by atoms with Crippen molar-refractivity contribution in [2.24, 2.45) is 0 Å². The summed E-state index contributed by atoms with van der Waals surface area (Å²) >= 11 is 0. The molecule has 9 nitrogen and oxygen atoms in total. The molecule has 3 N–H and O–H groups in total. The molecule has 1 aliphatic rings. The lowest BCUT2D eigenvalue weighted by molar-refractivity contribution is -0.118. The zero-order valence-electron chi connectivity index (χ0n) is 17.5. The van der Waals surface area contributed by atoms with Crippen LogP contribution in [0.1, 0.15) is 10.4 Å². The third-order valence-corrected chi connectivity index (χ3v) is 6.18. The summed E-state index contributed by atoms with van der Waals surface area (Å²) in [5.74, 6) is -0.488. The number of hydrogen-bond donors (Lipinski definition) is 3. The molecule has 32 heavy (non-hydrogen) atoms. The van der Waals surface area contributed by atoms with Gasteiger partial charge in [-0.2, -0.15) is 0 Å². The number of nitrogens with zero attached hydrogens (tertiary/aromatic N) is 1. The molecule has 1 heterocycles. The molecule has 0 unspecified atom stereocenters. The highest BCUT2D eigenvalue weighted by Gasteiger charge is 2.15. The molecule has 170 valence electrons. The van der Waals surface area contributed by atoms with Crippen molar-refractivity contribution >= 4 is 33.2 Å². The van der Waals surface area contributed by atoms with Gasteiger partial charge >= 0.3 is 0 Å². The van der Waals surface area contributed by atoms with E-state index in [0.29, 0.717) is 36.7 Å². The SMILES string of the molecule is C=CCNS(=O)(=O)c1ccc(C(=O)Nc2ccc(NC(=O)CN3CCOCC3)cc2)cc1. The van der Waals surface area contributed by atoms with Gasteiger partial charge in [0.2, 0.25) is 15.9 Å². The highest BCUT2D eigenvalue weighted by molar-refractivity contribution is 7.89. The molecule has 3 rings (SSSR count). The molecule has 0 spiro atoms. The second-order valence-corrected chi connectivity index (χ2v) is 8.90. The second-order valence-electron chi connectivity index (χ2n) is 7.13. The summed E-state index contributed by atoms with van der Waals surface area (Å²) < 4.78 is 31.8. The van der Waals surface area contributed by atoms with Crippen molar-refractivity contribution in [1.82, 2.24) is 9.62 Å². The largest absolute Gasteiger partial charge is 0.379 e. The van der Waals surface area contributed by atoms with Crippen molar-refractivity contribution < 1.29 is 22.7 Å². The first-order chi connectivity index (χ1) is 15.4. The zero-order valence-corrected chi connectivity index (χ0v) is 18.4. The van der Waals surface area contributed by atoms with Crippen LogP contribution in [0, 0.1) is 0 Å². The maximum absolute atomic E-state index is 12.5. The van der Waals surface area contributed by atoms with Crippen LogP contribution in [-0.2, 0) is 19.6 Å². The lowest BCUT2D eigenvalue weighted by Crippen LogP contribution is -2.41. The Bertz CT molecular complexity index is 1050. The summed E-state index contributed by atoms with van der Waals surface area (Å²) in [5.41, 5.74) is 1.49. The highest BCUT2D eigenvalue weighted by atomic mass is 32.2. The molecule has 1 saturated heterocycles. The predicted octanol–water partition coefficient (Wildman–Crippen LogP) is 1.67. The van der Waals surface area contributed by atoms with Crippen molar-refractivity contribution in [3.8, 4) is 0 Å². The van der Waals surface area contributed by atoms with Gasteiger partial charge in [-0.25, -0.2) is 13.1 Å². The molecule has 10 heteroatoms. The minimum absolute atomic E-state index is 0.0630. The average molecular weight is 459 g/mol. The Hall–Kier alpha value is -3.05. The van der Waals surface area contributed by atoms with Crippen LogP contribution in [0.25, 0.3) is 0 Å². The standard InChI is InChI=1S/C22H26N4O5S/c1-2-11-23-32(29,30)20-9-3-17(4-10-20)22(28)25-19-7-5-18(6-8-19)24-21(27)16-26-12-14-31-15-13-26/h2-10,23H,1,11-16H2,(H,24,27)(H,25,28). The van der Waals surface area contributed by atoms with Crippen molar-refractivity contribution in [2.45, 2.75) is 4.90 Å². The highest BCUT2D eigenvalue weighted by Crippen LogP contribution is 2.16. The Morgan fingerprint density at radius 3 is 2.16 bits per heavy atom. The number of anilines is 2. The summed E-state index contributed by atoms with van der Waals surface area (Å²) in [5, 5.41) is 5.58. The van der Waals surface area contributed by atoms with Gasteiger partial charge in [-0.3, -0.25) is 14.5 Å². The number of amides is 2. The molecule has 0 atom stereocenters. The minimum atomic E-state index is -3.64. The van der Waals surface area contributed by atoms with E-state index in [-0.39, 0.29) is 23.3 Å². The van der Waals surface area contributed by atoms with Gasteiger partial charge in [0.1, 0.15) is 0 Å². The third-order valence-electron chi connectivity index (χ3n) is 4.74. The Labute approximate surface area is 187 Å². The van der Waals surface area contributed by atoms with Crippen LogP contribution in [0.2, 0.25) is 0 Å². The number of carbonyl (C=O) groups is 2. The fourth-order valence-corrected chi connectivity index (χ4v) is 4.04. The fraction of sp³-hybridized carbons (Fsp3) is 0.273. The Balaban J connectivity index is 1.54. The number of hydrogen-bond acceptors (Lipinski definition) is 6. The Morgan fingerprint density at radius 1 is 0.969 bits per heavy atom. The first kappa shape index (κ1) is 23.6. The fourth-order valence-electron chi connectivity index (χ4n) is 3.04. The smallest absolute Gasteiger partial charge is 0.255 e. The second kappa shape index (κ2) is 11.0. The molecule has 0 radical (unpaired) electrons. The van der Waals surface area contributed by atoms with Gasteiger partial charge in [0.25, 0.3) is 5.91 Å². The molecule has 0 aliphatic carbocycles. The summed E-state index contributed by atoms with van der Waals surface area (Å²) in [4.78, 5) is 26.7. The average Bonchev–Trinajstić information content (AvgIpc) is 2.79. The molecule has 2 amide bonds. The van der Waals surface area contributed by atoms with Crippen molar-refractivity contribution in [3.05, 3.63) is 66.7 Å². The Kier molecular flexibility index (Phi) is 8.12. The third kappa shape index (κ3) is 6.72. The molecule has 2 aromatic rings. The summed E-state index contributed by atoms with van der Waals surface area (Å²) in [6, 6.07) is 12.4. The van der Waals surface area contributed by atoms with E-state index in [1.807, 2.05) is 4.90 Å². The topological polar surface area (TPSA) is 117 Å². The lowest BCUT2D eigenvalue weighted by atomic mass is 10.2. The van der Waals surface area contributed by atoms with Gasteiger partial charge in [-0.15, -0.1) is 6.58 Å². The van der Waals surface area contributed by atoms with Crippen LogP contribution in [0.3, 0.4) is 0 Å². The number of carbonyl (C=O) groups excluding carboxylic acids is 2. The monoisotopic (exact) mass is 458 g/mol. The lowest BCUT2D eigenvalue weighted by Gasteiger charge is -2.25. The van der Waals surface area contributed by atoms with Crippen molar-refractivity contribution in [2.75, 3.05) is 50.0 Å². The van der Waals surface area contributed by atoms with Crippen molar-refractivity contribution in [3.63, 3.8) is 0 Å². The van der Waals surface area contributed by atoms with Crippen LogP contribution in [-0.4, -0.2) is 64.5 Å². The summed E-state index contributed by atoms with van der Waals surface area (Å²) in [7, 11) is -3.64. The number of nitrogens with one attached hydrogen (secondary N) is 3. The molecule has 1 fully saturated rings. The summed E-state index contributed by atoms with van der Waals surface area (Å²) in [6.45, 7) is 6.62. The van der Waals surface area contributed by atoms with Crippen LogP contribution in [0.4, 0.5) is 11.4 Å². The van der Waals surface area contributed by atoms with Gasteiger partial charge in [0, 0.05) is 36.6 Å². The maximum atomic E-state index is 12.5. The molecule has 0 aromatic heterocycles. The maximum Gasteiger partial charge on any atom is 0.255 e. The molecule has 0 saturated carbocycles. The van der Waals surface area contributed by atoms with Gasteiger partial charge in [-0.1, -0.05) is 6.08 Å². The quantitative estimate of drug-likeness (QED) is 0.492. The Morgan fingerprint density at radius 2 is 1.56 bits per heavy atom. The van der Waals surface area contributed by atoms with E-state index in [9.17, 15) is 18.0 Å². The minimum Gasteiger partial charge on any atom is -0.379 e. The number of rotatable bonds is 9. The van der Waals surface area contributed by atoms with E-state index in [2.05, 4.69) is 21.9 Å². The van der Waals surface area contributed by atoms with E-state index < -0.39 is 10.0 Å². The number of sulfonamides is 1. The first-order valence-electron chi connectivity index (χ1n) is 10.1. The van der Waals surface area contributed by atoms with Gasteiger partial charge in [0.15, 0.2) is 0 Å². The predicted molar refractivity (Wildman–Crippen MR) is 122 cm³/mol. The normalized spacial score (nSPS) is 14.5. The molecular weight excluding hydrogens is 432 g/mol. The van der Waals surface area contributed by atoms with E-state index >= 15 is 0 Å². The van der Waals surface area contributed by atoms with Crippen molar-refractivity contribution in [1.29, 1.82) is 0 Å². The van der Waals surface area contributed by atoms with Crippen LogP contribution < -0.4 is 15.4 Å². The number of benzene rings is 2. The molecule has 0 bridgehead atoms. The van der Waals surface area contributed by atoms with Crippen LogP contribution in [0.5, 0.6) is 0 Å². The van der Waals surface area contributed by atoms with Gasteiger partial charge in [-0.05, 0) is 48.5 Å². The number of ether oxygens (including phenoxy) is 1. The zero-order chi connectivity index (χ0) is 23.0. The van der Waals surface area contributed by atoms with E-state index in [0.717, 1.165) is 13.1 Å². The van der Waals surface area contributed by atoms with Crippen LogP contribution >= 0.6 is 0 Å². The van der Waals surface area contributed by atoms with E-state index in [1.54, 1.807) is 24.3 Å². The molecular formula is C22H26N4O5S. The van der Waals surface area contributed by atoms with E-state index in [1.165, 1.54) is 30.3 Å². The van der Waals surface area contributed by atoms with Gasteiger partial charge in [0.05, 0.1) is 24.7 Å². The first-order valence-corrected chi connectivity index (χ1v) is 11.6. The van der Waals surface area contributed by atoms with Gasteiger partial charge < -0.3 is 15.4 Å². The summed E-state index contributed by atoms with van der Waals surface area (Å²) in [6.07, 6.45) is 1.44.